The number of carbonyl (C=O) groups excluding carboxylic acids is 1. The summed E-state index contributed by atoms with van der Waals surface area (Å²) in [6, 6.07) is 2.49. The van der Waals surface area contributed by atoms with E-state index in [2.05, 4.69) is 9.82 Å². The number of aromatic nitrogens is 2. The Labute approximate surface area is 97.1 Å². The summed E-state index contributed by atoms with van der Waals surface area (Å²) in [5.74, 6) is -0.0449. The van der Waals surface area contributed by atoms with Crippen LogP contribution in [0.2, 0.25) is 0 Å². The molecule has 0 unspecified atom stereocenters. The second-order valence-corrected chi connectivity index (χ2v) is 4.90. The van der Waals surface area contributed by atoms with E-state index < -0.39 is 10.0 Å². The second kappa shape index (κ2) is 4.06. The van der Waals surface area contributed by atoms with Gasteiger partial charge in [0.05, 0.1) is 11.9 Å². The summed E-state index contributed by atoms with van der Waals surface area (Å²) < 4.78 is 32.1. The van der Waals surface area contributed by atoms with Crippen molar-refractivity contribution in [1.82, 2.24) is 9.78 Å². The van der Waals surface area contributed by atoms with Gasteiger partial charge in [-0.1, -0.05) is 0 Å². The van der Waals surface area contributed by atoms with Gasteiger partial charge in [0.25, 0.3) is 10.0 Å². The van der Waals surface area contributed by atoms with Crippen LogP contribution in [0.25, 0.3) is 0 Å². The van der Waals surface area contributed by atoms with Crippen LogP contribution < -0.4 is 4.72 Å². The number of hydrogen-bond acceptors (Lipinski definition) is 5. The molecule has 0 fully saturated rings. The average Bonchev–Trinajstić information content (AvgIpc) is 2.86. The van der Waals surface area contributed by atoms with Crippen LogP contribution in [0, 0.1) is 0 Å². The number of carbonyl (C=O) groups is 1. The molecule has 17 heavy (non-hydrogen) atoms. The molecule has 0 atom stereocenters. The lowest BCUT2D eigenvalue weighted by Gasteiger charge is -2.01. The molecule has 0 amide bonds. The van der Waals surface area contributed by atoms with Crippen molar-refractivity contribution in [3.8, 4) is 0 Å². The quantitative estimate of drug-likeness (QED) is 0.808. The van der Waals surface area contributed by atoms with Crippen molar-refractivity contribution >= 4 is 22.0 Å². The van der Waals surface area contributed by atoms with Gasteiger partial charge in [-0.05, 0) is 12.1 Å². The van der Waals surface area contributed by atoms with Gasteiger partial charge in [0.2, 0.25) is 5.09 Å². The molecule has 2 rings (SSSR count). The van der Waals surface area contributed by atoms with Crippen molar-refractivity contribution in [2.24, 2.45) is 7.05 Å². The highest BCUT2D eigenvalue weighted by Crippen LogP contribution is 2.17. The van der Waals surface area contributed by atoms with Crippen LogP contribution in [0.1, 0.15) is 10.6 Å². The normalized spacial score (nSPS) is 11.4. The molecule has 7 nitrogen and oxygen atoms in total. The third-order valence-corrected chi connectivity index (χ3v) is 3.19. The van der Waals surface area contributed by atoms with Gasteiger partial charge in [-0.15, -0.1) is 0 Å². The van der Waals surface area contributed by atoms with Gasteiger partial charge < -0.3 is 4.42 Å². The summed E-state index contributed by atoms with van der Waals surface area (Å²) in [5.41, 5.74) is 0.316. The molecule has 0 aliphatic heterocycles. The first kappa shape index (κ1) is 11.4. The number of anilines is 1. The standard InChI is InChI=1S/C9H9N3O4S/c1-12-5-7(4-10-12)11-17(14,15)9-3-2-8(6-13)16-9/h2-6,11H,1H3. The molecule has 0 aliphatic carbocycles. The number of sulfonamides is 1. The Morgan fingerprint density at radius 1 is 1.47 bits per heavy atom. The van der Waals surface area contributed by atoms with Gasteiger partial charge >= 0.3 is 0 Å². The molecule has 8 heteroatoms. The molecule has 0 saturated heterocycles. The summed E-state index contributed by atoms with van der Waals surface area (Å²) in [4.78, 5) is 10.4. The van der Waals surface area contributed by atoms with Gasteiger partial charge in [-0.2, -0.15) is 13.5 Å². The summed E-state index contributed by atoms with van der Waals surface area (Å²) in [5, 5.41) is 3.50. The van der Waals surface area contributed by atoms with Gasteiger partial charge in [-0.3, -0.25) is 14.2 Å². The first-order valence-corrected chi connectivity index (χ1v) is 6.06. The zero-order chi connectivity index (χ0) is 12.5. The first-order valence-electron chi connectivity index (χ1n) is 4.58. The minimum Gasteiger partial charge on any atom is -0.440 e. The number of hydrogen-bond donors (Lipinski definition) is 1. The van der Waals surface area contributed by atoms with Crippen LogP contribution in [0.3, 0.4) is 0 Å². The molecule has 90 valence electrons. The van der Waals surface area contributed by atoms with E-state index in [1.807, 2.05) is 0 Å². The van der Waals surface area contributed by atoms with Crippen LogP contribution in [-0.2, 0) is 17.1 Å². The number of rotatable bonds is 4. The van der Waals surface area contributed by atoms with E-state index in [9.17, 15) is 13.2 Å². The van der Waals surface area contributed by atoms with E-state index in [0.717, 1.165) is 0 Å². The number of furan rings is 1. The number of nitrogens with one attached hydrogen (secondary N) is 1. The summed E-state index contributed by atoms with van der Waals surface area (Å²) in [6.07, 6.45) is 3.30. The van der Waals surface area contributed by atoms with E-state index >= 15 is 0 Å². The second-order valence-electron chi connectivity index (χ2n) is 3.28. The van der Waals surface area contributed by atoms with Crippen LogP contribution in [0.5, 0.6) is 0 Å². The Bertz CT molecular complexity index is 641. The molecule has 1 N–H and O–H groups in total. The van der Waals surface area contributed by atoms with E-state index in [1.54, 1.807) is 7.05 Å². The predicted molar refractivity (Wildman–Crippen MR) is 58.1 cm³/mol. The number of nitrogens with zero attached hydrogens (tertiary/aromatic N) is 2. The van der Waals surface area contributed by atoms with Crippen molar-refractivity contribution in [2.75, 3.05) is 4.72 Å². The van der Waals surface area contributed by atoms with E-state index in [0.29, 0.717) is 12.0 Å². The fraction of sp³-hybridized carbons (Fsp3) is 0.111. The predicted octanol–water partition coefficient (Wildman–Crippen LogP) is 0.626. The fourth-order valence-corrected chi connectivity index (χ4v) is 2.19. The Morgan fingerprint density at radius 2 is 2.24 bits per heavy atom. The van der Waals surface area contributed by atoms with Crippen molar-refractivity contribution in [2.45, 2.75) is 5.09 Å². The smallest absolute Gasteiger partial charge is 0.295 e. The zero-order valence-corrected chi connectivity index (χ0v) is 9.64. The number of aryl methyl sites for hydroxylation is 1. The molecule has 2 aromatic heterocycles. The van der Waals surface area contributed by atoms with Crippen LogP contribution in [0.4, 0.5) is 5.69 Å². The monoisotopic (exact) mass is 255 g/mol. The third kappa shape index (κ3) is 2.36. The maximum atomic E-state index is 11.8. The minimum atomic E-state index is -3.82. The summed E-state index contributed by atoms with van der Waals surface area (Å²) in [6.45, 7) is 0. The Kier molecular flexibility index (Phi) is 2.72. The SMILES string of the molecule is Cn1cc(NS(=O)(=O)c2ccc(C=O)o2)cn1. The van der Waals surface area contributed by atoms with Crippen molar-refractivity contribution in [3.05, 3.63) is 30.3 Å². The summed E-state index contributed by atoms with van der Waals surface area (Å²) in [7, 11) is -2.16. The maximum Gasteiger partial charge on any atom is 0.295 e. The summed E-state index contributed by atoms with van der Waals surface area (Å²) >= 11 is 0. The Morgan fingerprint density at radius 3 is 2.76 bits per heavy atom. The van der Waals surface area contributed by atoms with Crippen LogP contribution in [0.15, 0.2) is 34.0 Å². The maximum absolute atomic E-state index is 11.8. The van der Waals surface area contributed by atoms with E-state index in [1.165, 1.54) is 29.2 Å². The van der Waals surface area contributed by atoms with Crippen molar-refractivity contribution in [3.63, 3.8) is 0 Å². The fourth-order valence-electron chi connectivity index (χ4n) is 1.22. The molecular weight excluding hydrogens is 246 g/mol. The van der Waals surface area contributed by atoms with Crippen molar-refractivity contribution in [1.29, 1.82) is 0 Å². The lowest BCUT2D eigenvalue weighted by molar-refractivity contribution is 0.109. The largest absolute Gasteiger partial charge is 0.440 e. The zero-order valence-electron chi connectivity index (χ0n) is 8.82. The van der Waals surface area contributed by atoms with Crippen LogP contribution in [-0.4, -0.2) is 24.5 Å². The van der Waals surface area contributed by atoms with Gasteiger partial charge in [-0.25, -0.2) is 0 Å². The van der Waals surface area contributed by atoms with Gasteiger partial charge in [0, 0.05) is 13.2 Å². The van der Waals surface area contributed by atoms with E-state index in [-0.39, 0.29) is 10.9 Å². The minimum absolute atomic E-state index is 0.0449. The first-order chi connectivity index (χ1) is 8.01. The average molecular weight is 255 g/mol. The van der Waals surface area contributed by atoms with Gasteiger partial charge in [0.1, 0.15) is 0 Å². The third-order valence-electron chi connectivity index (χ3n) is 1.94. The lowest BCUT2D eigenvalue weighted by atomic mass is 10.5. The van der Waals surface area contributed by atoms with Crippen molar-refractivity contribution < 1.29 is 17.6 Å². The molecule has 2 heterocycles. The highest BCUT2D eigenvalue weighted by molar-refractivity contribution is 7.92. The highest BCUT2D eigenvalue weighted by Gasteiger charge is 2.19. The number of aldehydes is 1. The topological polar surface area (TPSA) is 94.2 Å². The molecule has 0 aromatic carbocycles. The molecule has 0 saturated carbocycles. The molecule has 0 spiro atoms. The van der Waals surface area contributed by atoms with E-state index in [4.69, 9.17) is 4.42 Å². The molecule has 0 radical (unpaired) electrons. The molecule has 2 aromatic rings. The molecule has 0 aliphatic rings. The lowest BCUT2D eigenvalue weighted by Crippen LogP contribution is -2.11. The Balaban J connectivity index is 2.27. The highest BCUT2D eigenvalue weighted by atomic mass is 32.2. The van der Waals surface area contributed by atoms with Gasteiger partial charge in [0.15, 0.2) is 12.0 Å². The van der Waals surface area contributed by atoms with Crippen LogP contribution >= 0.6 is 0 Å². The molecular formula is C9H9N3O4S. The Hall–Kier alpha value is -2.09. The molecule has 0 bridgehead atoms.